The molecule has 1 atom stereocenters. The summed E-state index contributed by atoms with van der Waals surface area (Å²) in [5.41, 5.74) is 2.68. The summed E-state index contributed by atoms with van der Waals surface area (Å²) in [6.45, 7) is 2.80. The number of nitrogens with zero attached hydrogens (tertiary/aromatic N) is 3. The SMILES string of the molecule is CC(=O)N1CCC(C(=O)N(CCO)C(c2ccccc2)c2nc3ccccc3[nH]2)CC1. The lowest BCUT2D eigenvalue weighted by atomic mass is 9.93. The molecule has 0 saturated carbocycles. The molecule has 4 rings (SSSR count). The minimum Gasteiger partial charge on any atom is -0.395 e. The number of amides is 2. The Labute approximate surface area is 181 Å². The standard InChI is InChI=1S/C24H28N4O3/c1-17(30)27-13-11-19(12-14-27)24(31)28(15-16-29)22(18-7-3-2-4-8-18)23-25-20-9-5-6-10-21(20)26-23/h2-10,19,22,29H,11-16H2,1H3,(H,25,26). The second kappa shape index (κ2) is 9.31. The van der Waals surface area contributed by atoms with Crippen molar-refractivity contribution in [3.63, 3.8) is 0 Å². The topological polar surface area (TPSA) is 89.5 Å². The van der Waals surface area contributed by atoms with Crippen LogP contribution in [0.2, 0.25) is 0 Å². The van der Waals surface area contributed by atoms with Crippen LogP contribution in [0.5, 0.6) is 0 Å². The van der Waals surface area contributed by atoms with E-state index < -0.39 is 6.04 Å². The number of hydrogen-bond donors (Lipinski definition) is 2. The molecule has 0 spiro atoms. The van der Waals surface area contributed by atoms with Gasteiger partial charge in [-0.1, -0.05) is 42.5 Å². The average molecular weight is 421 g/mol. The summed E-state index contributed by atoms with van der Waals surface area (Å²) in [4.78, 5) is 37.0. The molecular weight excluding hydrogens is 392 g/mol. The number of para-hydroxylation sites is 2. The van der Waals surface area contributed by atoms with E-state index in [0.29, 0.717) is 31.8 Å². The molecule has 162 valence electrons. The first-order valence-corrected chi connectivity index (χ1v) is 10.7. The number of aliphatic hydroxyl groups is 1. The molecule has 1 saturated heterocycles. The molecule has 0 bridgehead atoms. The van der Waals surface area contributed by atoms with Gasteiger partial charge in [0.15, 0.2) is 0 Å². The highest BCUT2D eigenvalue weighted by molar-refractivity contribution is 5.81. The van der Waals surface area contributed by atoms with Gasteiger partial charge in [-0.05, 0) is 30.5 Å². The molecular formula is C24H28N4O3. The number of hydrogen-bond acceptors (Lipinski definition) is 4. The lowest BCUT2D eigenvalue weighted by molar-refractivity contribution is -0.142. The molecule has 2 aromatic carbocycles. The van der Waals surface area contributed by atoms with Crippen molar-refractivity contribution in [2.24, 2.45) is 5.92 Å². The van der Waals surface area contributed by atoms with Crippen LogP contribution in [0.15, 0.2) is 54.6 Å². The van der Waals surface area contributed by atoms with Crippen LogP contribution in [-0.2, 0) is 9.59 Å². The molecule has 0 radical (unpaired) electrons. The Morgan fingerprint density at radius 3 is 2.45 bits per heavy atom. The summed E-state index contributed by atoms with van der Waals surface area (Å²) < 4.78 is 0. The zero-order valence-electron chi connectivity index (χ0n) is 17.7. The van der Waals surface area contributed by atoms with E-state index in [2.05, 4.69) is 4.98 Å². The van der Waals surface area contributed by atoms with Crippen LogP contribution in [-0.4, -0.2) is 62.9 Å². The third-order valence-corrected chi connectivity index (χ3v) is 6.01. The molecule has 7 nitrogen and oxygen atoms in total. The number of aromatic nitrogens is 2. The maximum atomic E-state index is 13.6. The fraction of sp³-hybridized carbons (Fsp3) is 0.375. The number of aromatic amines is 1. The van der Waals surface area contributed by atoms with Gasteiger partial charge in [-0.3, -0.25) is 9.59 Å². The largest absolute Gasteiger partial charge is 0.395 e. The van der Waals surface area contributed by atoms with Gasteiger partial charge in [-0.15, -0.1) is 0 Å². The zero-order valence-corrected chi connectivity index (χ0v) is 17.7. The van der Waals surface area contributed by atoms with Gasteiger partial charge in [0.25, 0.3) is 0 Å². The van der Waals surface area contributed by atoms with Crippen molar-refractivity contribution in [3.8, 4) is 0 Å². The monoisotopic (exact) mass is 420 g/mol. The number of aliphatic hydroxyl groups excluding tert-OH is 1. The number of nitrogens with one attached hydrogen (secondary N) is 1. The number of H-pyrrole nitrogens is 1. The molecule has 1 fully saturated rings. The summed E-state index contributed by atoms with van der Waals surface area (Å²) in [5.74, 6) is 0.530. The molecule has 31 heavy (non-hydrogen) atoms. The predicted molar refractivity (Wildman–Crippen MR) is 118 cm³/mol. The van der Waals surface area contributed by atoms with Crippen molar-refractivity contribution in [1.82, 2.24) is 19.8 Å². The zero-order chi connectivity index (χ0) is 21.8. The predicted octanol–water partition coefficient (Wildman–Crippen LogP) is 2.73. The maximum Gasteiger partial charge on any atom is 0.226 e. The number of piperidine rings is 1. The second-order valence-electron chi connectivity index (χ2n) is 7.99. The number of benzene rings is 2. The lowest BCUT2D eigenvalue weighted by Crippen LogP contribution is -2.46. The summed E-state index contributed by atoms with van der Waals surface area (Å²) in [7, 11) is 0. The molecule has 1 aliphatic rings. The Morgan fingerprint density at radius 2 is 1.81 bits per heavy atom. The molecule has 0 aliphatic carbocycles. The first-order valence-electron chi connectivity index (χ1n) is 10.7. The summed E-state index contributed by atoms with van der Waals surface area (Å²) in [6, 6.07) is 17.1. The molecule has 1 unspecified atom stereocenters. The van der Waals surface area contributed by atoms with Crippen LogP contribution < -0.4 is 0 Å². The van der Waals surface area contributed by atoms with E-state index in [1.165, 1.54) is 0 Å². The van der Waals surface area contributed by atoms with Gasteiger partial charge in [0.05, 0.1) is 17.6 Å². The number of imidazole rings is 1. The Kier molecular flexibility index (Phi) is 6.32. The number of likely N-dealkylation sites (tertiary alicyclic amines) is 1. The number of carbonyl (C=O) groups excluding carboxylic acids is 2. The highest BCUT2D eigenvalue weighted by atomic mass is 16.3. The number of carbonyl (C=O) groups is 2. The van der Waals surface area contributed by atoms with Gasteiger partial charge in [-0.2, -0.15) is 0 Å². The third kappa shape index (κ3) is 4.46. The van der Waals surface area contributed by atoms with Crippen molar-refractivity contribution in [2.45, 2.75) is 25.8 Å². The minimum absolute atomic E-state index is 0.00781. The van der Waals surface area contributed by atoms with Gasteiger partial charge in [0.1, 0.15) is 11.9 Å². The molecule has 1 aliphatic heterocycles. The Hall–Kier alpha value is -3.19. The van der Waals surface area contributed by atoms with Crippen molar-refractivity contribution in [1.29, 1.82) is 0 Å². The quantitative estimate of drug-likeness (QED) is 0.642. The Morgan fingerprint density at radius 1 is 1.13 bits per heavy atom. The molecule has 2 amide bonds. The van der Waals surface area contributed by atoms with Gasteiger partial charge in [-0.25, -0.2) is 4.98 Å². The first kappa shape index (κ1) is 21.1. The molecule has 2 N–H and O–H groups in total. The average Bonchev–Trinajstić information content (AvgIpc) is 3.23. The van der Waals surface area contributed by atoms with E-state index >= 15 is 0 Å². The van der Waals surface area contributed by atoms with Gasteiger partial charge in [0, 0.05) is 32.5 Å². The molecule has 2 heterocycles. The van der Waals surface area contributed by atoms with Crippen molar-refractivity contribution < 1.29 is 14.7 Å². The molecule has 3 aromatic rings. The fourth-order valence-corrected chi connectivity index (χ4v) is 4.37. The van der Waals surface area contributed by atoms with Crippen LogP contribution in [0, 0.1) is 5.92 Å². The minimum atomic E-state index is -0.431. The van der Waals surface area contributed by atoms with E-state index in [0.717, 1.165) is 16.6 Å². The smallest absolute Gasteiger partial charge is 0.226 e. The van der Waals surface area contributed by atoms with Crippen LogP contribution >= 0.6 is 0 Å². The molecule has 1 aromatic heterocycles. The van der Waals surface area contributed by atoms with Gasteiger partial charge >= 0.3 is 0 Å². The van der Waals surface area contributed by atoms with E-state index in [-0.39, 0.29) is 30.9 Å². The number of rotatable bonds is 6. The van der Waals surface area contributed by atoms with Crippen molar-refractivity contribution >= 4 is 22.8 Å². The normalized spacial score (nSPS) is 15.7. The van der Waals surface area contributed by atoms with Crippen LogP contribution in [0.3, 0.4) is 0 Å². The maximum absolute atomic E-state index is 13.6. The van der Waals surface area contributed by atoms with Gasteiger partial charge < -0.3 is 19.9 Å². The fourth-order valence-electron chi connectivity index (χ4n) is 4.37. The Bertz CT molecular complexity index is 1010. The third-order valence-electron chi connectivity index (χ3n) is 6.01. The van der Waals surface area contributed by atoms with Crippen LogP contribution in [0.25, 0.3) is 11.0 Å². The van der Waals surface area contributed by atoms with Crippen LogP contribution in [0.1, 0.15) is 37.2 Å². The van der Waals surface area contributed by atoms with Crippen molar-refractivity contribution in [3.05, 3.63) is 66.0 Å². The van der Waals surface area contributed by atoms with Gasteiger partial charge in [0.2, 0.25) is 11.8 Å². The van der Waals surface area contributed by atoms with E-state index in [1.54, 1.807) is 16.7 Å². The number of fused-ring (bicyclic) bond motifs is 1. The highest BCUT2D eigenvalue weighted by Crippen LogP contribution is 2.31. The van der Waals surface area contributed by atoms with Crippen molar-refractivity contribution in [2.75, 3.05) is 26.2 Å². The Balaban J connectivity index is 1.69. The van der Waals surface area contributed by atoms with Crippen LogP contribution in [0.4, 0.5) is 0 Å². The van der Waals surface area contributed by atoms with E-state index in [9.17, 15) is 14.7 Å². The summed E-state index contributed by atoms with van der Waals surface area (Å²) in [5, 5.41) is 9.80. The first-order chi connectivity index (χ1) is 15.1. The lowest BCUT2D eigenvalue weighted by Gasteiger charge is -2.37. The van der Waals surface area contributed by atoms with E-state index in [4.69, 9.17) is 4.98 Å². The van der Waals surface area contributed by atoms with E-state index in [1.807, 2.05) is 54.6 Å². The summed E-state index contributed by atoms with van der Waals surface area (Å²) in [6.07, 6.45) is 1.25. The highest BCUT2D eigenvalue weighted by Gasteiger charge is 2.35. The summed E-state index contributed by atoms with van der Waals surface area (Å²) >= 11 is 0. The molecule has 7 heteroatoms. The second-order valence-corrected chi connectivity index (χ2v) is 7.99.